The van der Waals surface area contributed by atoms with E-state index in [4.69, 9.17) is 0 Å². The second-order valence-corrected chi connectivity index (χ2v) is 1.99. The zero-order valence-corrected chi connectivity index (χ0v) is 6.49. The van der Waals surface area contributed by atoms with Crippen molar-refractivity contribution in [3.63, 3.8) is 0 Å². The standard InChI is InChI=1S/C6H8N2O4/c1-2-11-5(9)3-4-7-8-6(10)12-4/h2-3H2,1H3,(H,8,10). The fourth-order valence-electron chi connectivity index (χ4n) is 0.672. The summed E-state index contributed by atoms with van der Waals surface area (Å²) in [5, 5.41) is 5.47. The minimum Gasteiger partial charge on any atom is -0.466 e. The first-order valence-electron chi connectivity index (χ1n) is 3.42. The minimum absolute atomic E-state index is 0.0402. The summed E-state index contributed by atoms with van der Waals surface area (Å²) in [6.07, 6.45) is -0.118. The molecule has 66 valence electrons. The quantitative estimate of drug-likeness (QED) is 0.619. The van der Waals surface area contributed by atoms with Crippen molar-refractivity contribution >= 4 is 5.97 Å². The first-order valence-corrected chi connectivity index (χ1v) is 3.42. The number of esters is 1. The lowest BCUT2D eigenvalue weighted by Gasteiger charge is -1.95. The van der Waals surface area contributed by atoms with Crippen molar-refractivity contribution in [2.45, 2.75) is 13.3 Å². The van der Waals surface area contributed by atoms with Gasteiger partial charge in [-0.3, -0.25) is 4.79 Å². The Morgan fingerprint density at radius 2 is 2.50 bits per heavy atom. The average Bonchev–Trinajstić information content (AvgIpc) is 2.36. The number of nitrogens with zero attached hydrogens (tertiary/aromatic N) is 1. The van der Waals surface area contributed by atoms with Gasteiger partial charge in [-0.15, -0.1) is 5.10 Å². The van der Waals surface area contributed by atoms with Gasteiger partial charge in [-0.05, 0) is 6.92 Å². The van der Waals surface area contributed by atoms with Crippen LogP contribution in [0.1, 0.15) is 12.8 Å². The predicted octanol–water partition coefficient (Wildman–Crippen LogP) is -0.532. The highest BCUT2D eigenvalue weighted by atomic mass is 16.5. The van der Waals surface area contributed by atoms with E-state index in [9.17, 15) is 9.59 Å². The maximum absolute atomic E-state index is 10.8. The smallest absolute Gasteiger partial charge is 0.434 e. The fraction of sp³-hybridized carbons (Fsp3) is 0.500. The number of carbonyl (C=O) groups is 1. The van der Waals surface area contributed by atoms with Crippen LogP contribution in [-0.4, -0.2) is 22.8 Å². The highest BCUT2D eigenvalue weighted by molar-refractivity contribution is 5.71. The average molecular weight is 172 g/mol. The van der Waals surface area contributed by atoms with E-state index in [2.05, 4.69) is 14.3 Å². The van der Waals surface area contributed by atoms with Crippen molar-refractivity contribution < 1.29 is 13.9 Å². The van der Waals surface area contributed by atoms with Crippen molar-refractivity contribution in [3.8, 4) is 0 Å². The minimum atomic E-state index is -0.672. The van der Waals surface area contributed by atoms with E-state index in [1.165, 1.54) is 0 Å². The Morgan fingerprint density at radius 3 is 3.00 bits per heavy atom. The number of carbonyl (C=O) groups excluding carboxylic acids is 1. The van der Waals surface area contributed by atoms with Crippen LogP contribution in [0, 0.1) is 0 Å². The molecule has 0 aliphatic rings. The van der Waals surface area contributed by atoms with Gasteiger partial charge in [-0.2, -0.15) is 0 Å². The predicted molar refractivity (Wildman–Crippen MR) is 37.5 cm³/mol. The van der Waals surface area contributed by atoms with Gasteiger partial charge < -0.3 is 9.15 Å². The van der Waals surface area contributed by atoms with Gasteiger partial charge in [0.1, 0.15) is 6.42 Å². The van der Waals surface area contributed by atoms with E-state index in [1.54, 1.807) is 6.92 Å². The molecule has 0 aliphatic heterocycles. The molecule has 12 heavy (non-hydrogen) atoms. The molecular formula is C6H8N2O4. The Hall–Kier alpha value is -1.59. The maximum Gasteiger partial charge on any atom is 0.434 e. The molecule has 1 aromatic rings. The van der Waals surface area contributed by atoms with Crippen molar-refractivity contribution in [1.29, 1.82) is 0 Å². The van der Waals surface area contributed by atoms with Crippen molar-refractivity contribution in [2.75, 3.05) is 6.61 Å². The summed E-state index contributed by atoms with van der Waals surface area (Å²) in [5.41, 5.74) is 0. The van der Waals surface area contributed by atoms with E-state index in [0.717, 1.165) is 0 Å². The van der Waals surface area contributed by atoms with Crippen LogP contribution in [0.3, 0.4) is 0 Å². The van der Waals surface area contributed by atoms with Gasteiger partial charge in [0.05, 0.1) is 6.61 Å². The molecule has 6 nitrogen and oxygen atoms in total. The molecule has 0 saturated heterocycles. The molecule has 1 heterocycles. The zero-order chi connectivity index (χ0) is 8.97. The molecule has 0 atom stereocenters. The Labute approximate surface area is 67.5 Å². The molecule has 1 rings (SSSR count). The summed E-state index contributed by atoms with van der Waals surface area (Å²) in [6.45, 7) is 1.99. The van der Waals surface area contributed by atoms with Crippen molar-refractivity contribution in [3.05, 3.63) is 16.4 Å². The molecular weight excluding hydrogens is 164 g/mol. The Morgan fingerprint density at radius 1 is 1.75 bits per heavy atom. The summed E-state index contributed by atoms with van der Waals surface area (Å²) < 4.78 is 9.08. The molecule has 0 radical (unpaired) electrons. The molecule has 0 aromatic carbocycles. The van der Waals surface area contributed by atoms with Gasteiger partial charge in [-0.25, -0.2) is 9.89 Å². The fourth-order valence-corrected chi connectivity index (χ4v) is 0.672. The van der Waals surface area contributed by atoms with Crippen LogP contribution in [0.25, 0.3) is 0 Å². The number of aromatic nitrogens is 2. The second-order valence-electron chi connectivity index (χ2n) is 1.99. The Balaban J connectivity index is 2.52. The first kappa shape index (κ1) is 8.51. The van der Waals surface area contributed by atoms with Crippen LogP contribution < -0.4 is 5.76 Å². The van der Waals surface area contributed by atoms with Gasteiger partial charge in [-0.1, -0.05) is 0 Å². The lowest BCUT2D eigenvalue weighted by Crippen LogP contribution is -2.07. The molecule has 0 aliphatic carbocycles. The molecule has 0 amide bonds. The molecule has 1 N–H and O–H groups in total. The van der Waals surface area contributed by atoms with Gasteiger partial charge in [0.25, 0.3) is 0 Å². The van der Waals surface area contributed by atoms with Crippen molar-refractivity contribution in [2.24, 2.45) is 0 Å². The molecule has 0 fully saturated rings. The molecule has 0 saturated carbocycles. The van der Waals surface area contributed by atoms with E-state index < -0.39 is 11.7 Å². The highest BCUT2D eigenvalue weighted by Crippen LogP contribution is 1.91. The number of hydrogen-bond donors (Lipinski definition) is 1. The van der Waals surface area contributed by atoms with E-state index in [1.807, 2.05) is 5.10 Å². The molecule has 0 unspecified atom stereocenters. The summed E-state index contributed by atoms with van der Waals surface area (Å²) in [4.78, 5) is 21.2. The lowest BCUT2D eigenvalue weighted by molar-refractivity contribution is -0.142. The zero-order valence-electron chi connectivity index (χ0n) is 6.49. The number of aromatic amines is 1. The van der Waals surface area contributed by atoms with Crippen LogP contribution in [0.4, 0.5) is 0 Å². The van der Waals surface area contributed by atoms with Crippen LogP contribution in [0.2, 0.25) is 0 Å². The topological polar surface area (TPSA) is 85.2 Å². The number of H-pyrrole nitrogens is 1. The third-order valence-corrected chi connectivity index (χ3v) is 1.08. The monoisotopic (exact) mass is 172 g/mol. The van der Waals surface area contributed by atoms with E-state index in [-0.39, 0.29) is 12.3 Å². The van der Waals surface area contributed by atoms with Gasteiger partial charge in [0, 0.05) is 0 Å². The van der Waals surface area contributed by atoms with Crippen LogP contribution in [-0.2, 0) is 16.0 Å². The van der Waals surface area contributed by atoms with Gasteiger partial charge in [0.2, 0.25) is 5.89 Å². The van der Waals surface area contributed by atoms with Crippen molar-refractivity contribution in [1.82, 2.24) is 10.2 Å². The number of nitrogens with one attached hydrogen (secondary N) is 1. The van der Waals surface area contributed by atoms with Gasteiger partial charge in [0.15, 0.2) is 0 Å². The van der Waals surface area contributed by atoms with Crippen LogP contribution >= 0.6 is 0 Å². The normalized spacial score (nSPS) is 9.75. The molecule has 0 spiro atoms. The number of hydrogen-bond acceptors (Lipinski definition) is 5. The summed E-state index contributed by atoms with van der Waals surface area (Å²) in [6, 6.07) is 0. The maximum atomic E-state index is 10.8. The summed E-state index contributed by atoms with van der Waals surface area (Å²) in [5.74, 6) is -1.10. The lowest BCUT2D eigenvalue weighted by atomic mass is 10.4. The van der Waals surface area contributed by atoms with Crippen LogP contribution in [0.15, 0.2) is 9.21 Å². The Kier molecular flexibility index (Phi) is 2.62. The number of ether oxygens (including phenoxy) is 1. The summed E-state index contributed by atoms with van der Waals surface area (Å²) >= 11 is 0. The Bertz CT molecular complexity index is 313. The molecule has 1 aromatic heterocycles. The van der Waals surface area contributed by atoms with E-state index in [0.29, 0.717) is 6.61 Å². The largest absolute Gasteiger partial charge is 0.466 e. The van der Waals surface area contributed by atoms with Gasteiger partial charge >= 0.3 is 11.7 Å². The van der Waals surface area contributed by atoms with E-state index >= 15 is 0 Å². The number of rotatable bonds is 3. The highest BCUT2D eigenvalue weighted by Gasteiger charge is 2.08. The van der Waals surface area contributed by atoms with Crippen LogP contribution in [0.5, 0.6) is 0 Å². The SMILES string of the molecule is CCOC(=O)Cc1n[nH]c(=O)o1. The second kappa shape index (κ2) is 3.70. The third kappa shape index (κ3) is 2.22. The molecule has 6 heteroatoms. The first-order chi connectivity index (χ1) is 5.72. The third-order valence-electron chi connectivity index (χ3n) is 1.08. The molecule has 0 bridgehead atoms. The summed E-state index contributed by atoms with van der Waals surface area (Å²) in [7, 11) is 0.